The van der Waals surface area contributed by atoms with Crippen molar-refractivity contribution in [3.05, 3.63) is 12.3 Å². The van der Waals surface area contributed by atoms with Gasteiger partial charge in [0.25, 0.3) is 0 Å². The van der Waals surface area contributed by atoms with Gasteiger partial charge in [-0.1, -0.05) is 0 Å². The first kappa shape index (κ1) is 10.7. The van der Waals surface area contributed by atoms with Crippen molar-refractivity contribution in [3.63, 3.8) is 0 Å². The molecule has 86 valence electrons. The minimum absolute atomic E-state index is 0.0979. The molecule has 2 amide bonds. The van der Waals surface area contributed by atoms with Gasteiger partial charge in [0.2, 0.25) is 11.8 Å². The van der Waals surface area contributed by atoms with E-state index in [1.165, 1.54) is 0 Å². The van der Waals surface area contributed by atoms with Gasteiger partial charge in [0.1, 0.15) is 6.04 Å². The number of rotatable bonds is 1. The van der Waals surface area contributed by atoms with E-state index in [9.17, 15) is 9.59 Å². The first-order chi connectivity index (χ1) is 7.58. The Labute approximate surface area is 93.2 Å². The highest BCUT2D eigenvalue weighted by Gasteiger charge is 2.28. The summed E-state index contributed by atoms with van der Waals surface area (Å²) in [5.41, 5.74) is 0. The highest BCUT2D eigenvalue weighted by atomic mass is 16.2. The van der Waals surface area contributed by atoms with E-state index in [2.05, 4.69) is 10.4 Å². The lowest BCUT2D eigenvalue weighted by Crippen LogP contribution is -2.42. The average Bonchev–Trinajstić information content (AvgIpc) is 2.59. The van der Waals surface area contributed by atoms with E-state index in [4.69, 9.17) is 0 Å². The van der Waals surface area contributed by atoms with Gasteiger partial charge in [0.05, 0.1) is 0 Å². The molecule has 6 heteroatoms. The van der Waals surface area contributed by atoms with E-state index in [-0.39, 0.29) is 11.8 Å². The summed E-state index contributed by atoms with van der Waals surface area (Å²) >= 11 is 0. The Hall–Kier alpha value is -1.85. The summed E-state index contributed by atoms with van der Waals surface area (Å²) in [5, 5.41) is 6.80. The summed E-state index contributed by atoms with van der Waals surface area (Å²) in [6, 6.07) is 1.28. The topological polar surface area (TPSA) is 67.2 Å². The first-order valence-corrected chi connectivity index (χ1v) is 5.18. The van der Waals surface area contributed by atoms with Crippen LogP contribution in [0.4, 0.5) is 5.82 Å². The Bertz CT molecular complexity index is 426. The molecule has 0 bridgehead atoms. The van der Waals surface area contributed by atoms with E-state index in [0.29, 0.717) is 18.8 Å². The summed E-state index contributed by atoms with van der Waals surface area (Å²) in [4.78, 5) is 24.8. The van der Waals surface area contributed by atoms with Gasteiger partial charge in [-0.25, -0.2) is 0 Å². The minimum Gasteiger partial charge on any atom is -0.345 e. The second kappa shape index (κ2) is 3.96. The number of aryl methyl sites for hydroxylation is 1. The zero-order valence-corrected chi connectivity index (χ0v) is 9.30. The van der Waals surface area contributed by atoms with Crippen LogP contribution in [0.3, 0.4) is 0 Å². The van der Waals surface area contributed by atoms with Crippen LogP contribution < -0.4 is 10.2 Å². The Balaban J connectivity index is 2.26. The molecule has 1 saturated heterocycles. The van der Waals surface area contributed by atoms with Crippen LogP contribution in [0.5, 0.6) is 0 Å². The fourth-order valence-electron chi connectivity index (χ4n) is 1.71. The molecule has 6 nitrogen and oxygen atoms in total. The van der Waals surface area contributed by atoms with E-state index in [1.54, 1.807) is 35.8 Å². The van der Waals surface area contributed by atoms with Crippen LogP contribution >= 0.6 is 0 Å². The van der Waals surface area contributed by atoms with E-state index < -0.39 is 6.04 Å². The third kappa shape index (κ3) is 1.91. The van der Waals surface area contributed by atoms with Gasteiger partial charge < -0.3 is 5.32 Å². The lowest BCUT2D eigenvalue weighted by Gasteiger charge is -2.19. The molecule has 0 aromatic carbocycles. The zero-order chi connectivity index (χ0) is 11.7. The fourth-order valence-corrected chi connectivity index (χ4v) is 1.71. The Morgan fingerprint density at radius 3 is 2.88 bits per heavy atom. The van der Waals surface area contributed by atoms with Gasteiger partial charge in [-0.05, 0) is 6.92 Å². The van der Waals surface area contributed by atoms with Crippen molar-refractivity contribution in [2.45, 2.75) is 19.4 Å². The summed E-state index contributed by atoms with van der Waals surface area (Å²) in [6.45, 7) is 2.06. The van der Waals surface area contributed by atoms with Crippen LogP contribution in [-0.2, 0) is 16.6 Å². The molecule has 0 aliphatic carbocycles. The van der Waals surface area contributed by atoms with Crippen LogP contribution in [0.2, 0.25) is 0 Å². The van der Waals surface area contributed by atoms with Crippen LogP contribution in [-0.4, -0.2) is 34.2 Å². The maximum atomic E-state index is 12.0. The highest BCUT2D eigenvalue weighted by Crippen LogP contribution is 2.14. The largest absolute Gasteiger partial charge is 0.345 e. The molecule has 0 saturated carbocycles. The summed E-state index contributed by atoms with van der Waals surface area (Å²) in [5.74, 6) is 0.375. The molecular weight excluding hydrogens is 208 g/mol. The number of hydrogen-bond acceptors (Lipinski definition) is 3. The van der Waals surface area contributed by atoms with Crippen molar-refractivity contribution in [1.82, 2.24) is 15.1 Å². The number of carbonyl (C=O) groups is 2. The van der Waals surface area contributed by atoms with Crippen molar-refractivity contribution in [2.75, 3.05) is 11.4 Å². The summed E-state index contributed by atoms with van der Waals surface area (Å²) in [7, 11) is 1.79. The Kier molecular flexibility index (Phi) is 2.64. The maximum Gasteiger partial charge on any atom is 0.250 e. The van der Waals surface area contributed by atoms with E-state index in [0.717, 1.165) is 0 Å². The number of aromatic nitrogens is 2. The van der Waals surface area contributed by atoms with E-state index in [1.807, 2.05) is 0 Å². The number of hydrogen-bond donors (Lipinski definition) is 1. The zero-order valence-electron chi connectivity index (χ0n) is 9.30. The minimum atomic E-state index is -0.489. The molecule has 1 N–H and O–H groups in total. The van der Waals surface area contributed by atoms with Gasteiger partial charge >= 0.3 is 0 Å². The molecule has 0 radical (unpaired) electrons. The lowest BCUT2D eigenvalue weighted by molar-refractivity contribution is -0.125. The molecule has 1 fully saturated rings. The molecule has 2 heterocycles. The number of carbonyl (C=O) groups excluding carboxylic acids is 2. The smallest absolute Gasteiger partial charge is 0.250 e. The molecule has 16 heavy (non-hydrogen) atoms. The number of nitrogens with one attached hydrogen (secondary N) is 1. The van der Waals surface area contributed by atoms with E-state index >= 15 is 0 Å². The number of amides is 2. The van der Waals surface area contributed by atoms with Gasteiger partial charge in [-0.3, -0.25) is 19.2 Å². The molecule has 0 spiro atoms. The van der Waals surface area contributed by atoms with Crippen molar-refractivity contribution >= 4 is 17.6 Å². The van der Waals surface area contributed by atoms with Crippen molar-refractivity contribution in [3.8, 4) is 0 Å². The number of anilines is 1. The van der Waals surface area contributed by atoms with Crippen LogP contribution in [0.15, 0.2) is 12.3 Å². The molecule has 1 aliphatic heterocycles. The second-order valence-electron chi connectivity index (χ2n) is 3.88. The standard InChI is InChI=1S/C10H14N4O2/c1-7-10(16)14(6-4-9(15)11-7)8-3-5-13(2)12-8/h3,5,7H,4,6H2,1-2H3,(H,11,15). The molecule has 1 unspecified atom stereocenters. The normalized spacial score (nSPS) is 21.9. The molecule has 1 aromatic heterocycles. The third-order valence-corrected chi connectivity index (χ3v) is 2.55. The van der Waals surface area contributed by atoms with Crippen LogP contribution in [0.1, 0.15) is 13.3 Å². The van der Waals surface area contributed by atoms with Crippen molar-refractivity contribution < 1.29 is 9.59 Å². The van der Waals surface area contributed by atoms with Crippen molar-refractivity contribution in [2.24, 2.45) is 7.05 Å². The predicted octanol–water partition coefficient (Wildman–Crippen LogP) is -0.338. The second-order valence-corrected chi connectivity index (χ2v) is 3.88. The molecular formula is C10H14N4O2. The summed E-state index contributed by atoms with van der Waals surface area (Å²) < 4.78 is 1.63. The van der Waals surface area contributed by atoms with Gasteiger partial charge in [0, 0.05) is 32.3 Å². The van der Waals surface area contributed by atoms with Gasteiger partial charge in [-0.15, -0.1) is 0 Å². The number of nitrogens with zero attached hydrogens (tertiary/aromatic N) is 3. The molecule has 1 aliphatic rings. The van der Waals surface area contributed by atoms with Gasteiger partial charge in [0.15, 0.2) is 5.82 Å². The van der Waals surface area contributed by atoms with Crippen LogP contribution in [0, 0.1) is 0 Å². The quantitative estimate of drug-likeness (QED) is 0.707. The summed E-state index contributed by atoms with van der Waals surface area (Å²) in [6.07, 6.45) is 2.08. The molecule has 2 rings (SSSR count). The van der Waals surface area contributed by atoms with Gasteiger partial charge in [-0.2, -0.15) is 5.10 Å². The molecule has 1 aromatic rings. The van der Waals surface area contributed by atoms with Crippen molar-refractivity contribution in [1.29, 1.82) is 0 Å². The third-order valence-electron chi connectivity index (χ3n) is 2.55. The predicted molar refractivity (Wildman–Crippen MR) is 57.8 cm³/mol. The lowest BCUT2D eigenvalue weighted by atomic mass is 10.3. The maximum absolute atomic E-state index is 12.0. The monoisotopic (exact) mass is 222 g/mol. The first-order valence-electron chi connectivity index (χ1n) is 5.18. The highest BCUT2D eigenvalue weighted by molar-refractivity contribution is 6.00. The Morgan fingerprint density at radius 2 is 2.25 bits per heavy atom. The fraction of sp³-hybridized carbons (Fsp3) is 0.500. The van der Waals surface area contributed by atoms with Crippen LogP contribution in [0.25, 0.3) is 0 Å². The average molecular weight is 222 g/mol. The Morgan fingerprint density at radius 1 is 1.50 bits per heavy atom. The molecule has 1 atom stereocenters. The SMILES string of the molecule is CC1NC(=O)CCN(c2ccn(C)n2)C1=O.